The van der Waals surface area contributed by atoms with Gasteiger partial charge in [-0.2, -0.15) is 10.2 Å². The molecular weight excluding hydrogens is 272 g/mol. The molecule has 4 nitrogen and oxygen atoms in total. The topological polar surface area (TPSA) is 35.6 Å². The van der Waals surface area contributed by atoms with Crippen LogP contribution >= 0.6 is 0 Å². The van der Waals surface area contributed by atoms with E-state index >= 15 is 0 Å². The van der Waals surface area contributed by atoms with Crippen molar-refractivity contribution >= 4 is 21.8 Å². The first-order valence-electron chi connectivity index (χ1n) is 7.32. The van der Waals surface area contributed by atoms with Gasteiger partial charge in [0.2, 0.25) is 0 Å². The van der Waals surface area contributed by atoms with Gasteiger partial charge in [-0.25, -0.2) is 0 Å². The number of hydrogen-bond acceptors (Lipinski definition) is 2. The van der Waals surface area contributed by atoms with E-state index in [4.69, 9.17) is 0 Å². The maximum Gasteiger partial charge on any atom is 0.0708 e. The Balaban J connectivity index is 0.000000131. The fraction of sp³-hybridized carbons (Fsp3) is 0.222. The Bertz CT molecular complexity index is 931. The molecule has 4 heteroatoms. The SMILES string of the molecule is Cc1cccc2c1cnn2C.Cc1cccc2cnn(C)c12. The van der Waals surface area contributed by atoms with Crippen molar-refractivity contribution in [1.82, 2.24) is 19.6 Å². The van der Waals surface area contributed by atoms with Gasteiger partial charge in [-0.1, -0.05) is 30.3 Å². The van der Waals surface area contributed by atoms with Crippen molar-refractivity contribution in [2.24, 2.45) is 14.1 Å². The minimum Gasteiger partial charge on any atom is -0.268 e. The predicted octanol–water partition coefficient (Wildman–Crippen LogP) is 3.76. The molecule has 0 fully saturated rings. The summed E-state index contributed by atoms with van der Waals surface area (Å²) in [6.45, 7) is 4.20. The van der Waals surface area contributed by atoms with E-state index < -0.39 is 0 Å². The Morgan fingerprint density at radius 1 is 0.773 bits per heavy atom. The average Bonchev–Trinajstić information content (AvgIpc) is 3.06. The molecule has 0 aliphatic rings. The Hall–Kier alpha value is -2.62. The van der Waals surface area contributed by atoms with Crippen molar-refractivity contribution in [3.8, 4) is 0 Å². The first-order valence-corrected chi connectivity index (χ1v) is 7.32. The molecular formula is C18H20N4. The molecule has 4 aromatic rings. The molecule has 4 rings (SSSR count). The number of rotatable bonds is 0. The second-order valence-corrected chi connectivity index (χ2v) is 5.56. The molecule has 0 aliphatic heterocycles. The van der Waals surface area contributed by atoms with Gasteiger partial charge in [-0.3, -0.25) is 9.36 Å². The summed E-state index contributed by atoms with van der Waals surface area (Å²) in [5, 5.41) is 10.8. The monoisotopic (exact) mass is 292 g/mol. The lowest BCUT2D eigenvalue weighted by molar-refractivity contribution is 0.794. The third kappa shape index (κ3) is 2.48. The summed E-state index contributed by atoms with van der Waals surface area (Å²) in [6, 6.07) is 12.5. The Labute approximate surface area is 130 Å². The summed E-state index contributed by atoms with van der Waals surface area (Å²) < 4.78 is 3.80. The van der Waals surface area contributed by atoms with Crippen LogP contribution in [0.1, 0.15) is 11.1 Å². The molecule has 0 saturated carbocycles. The maximum atomic E-state index is 4.17. The van der Waals surface area contributed by atoms with E-state index in [9.17, 15) is 0 Å². The number of nitrogens with zero attached hydrogens (tertiary/aromatic N) is 4. The molecule has 0 radical (unpaired) electrons. The molecule has 2 aromatic heterocycles. The molecule has 0 amide bonds. The molecule has 0 bridgehead atoms. The summed E-state index contributed by atoms with van der Waals surface area (Å²) in [7, 11) is 3.93. The molecule has 2 aromatic carbocycles. The van der Waals surface area contributed by atoms with E-state index in [1.54, 1.807) is 0 Å². The fourth-order valence-corrected chi connectivity index (χ4v) is 2.76. The van der Waals surface area contributed by atoms with Crippen LogP contribution in [-0.2, 0) is 14.1 Å². The van der Waals surface area contributed by atoms with Gasteiger partial charge in [-0.15, -0.1) is 0 Å². The van der Waals surface area contributed by atoms with Crippen LogP contribution in [0.15, 0.2) is 48.8 Å². The number of para-hydroxylation sites is 1. The summed E-state index contributed by atoms with van der Waals surface area (Å²) in [5.41, 5.74) is 5.00. The summed E-state index contributed by atoms with van der Waals surface area (Å²) in [6.07, 6.45) is 3.80. The van der Waals surface area contributed by atoms with Gasteiger partial charge in [0.25, 0.3) is 0 Å². The number of benzene rings is 2. The molecule has 112 valence electrons. The lowest BCUT2D eigenvalue weighted by Gasteiger charge is -1.97. The second kappa shape index (κ2) is 5.64. The maximum absolute atomic E-state index is 4.17. The van der Waals surface area contributed by atoms with Gasteiger partial charge in [0.15, 0.2) is 0 Å². The largest absolute Gasteiger partial charge is 0.268 e. The smallest absolute Gasteiger partial charge is 0.0708 e. The second-order valence-electron chi connectivity index (χ2n) is 5.56. The predicted molar refractivity (Wildman–Crippen MR) is 90.9 cm³/mol. The molecule has 0 saturated heterocycles. The van der Waals surface area contributed by atoms with E-state index in [2.05, 4.69) is 60.4 Å². The van der Waals surface area contributed by atoms with Crippen LogP contribution in [0, 0.1) is 13.8 Å². The molecule has 0 unspecified atom stereocenters. The van der Waals surface area contributed by atoms with Crippen LogP contribution in [0.25, 0.3) is 21.8 Å². The van der Waals surface area contributed by atoms with Crippen LogP contribution < -0.4 is 0 Å². The van der Waals surface area contributed by atoms with Crippen LogP contribution in [0.5, 0.6) is 0 Å². The Morgan fingerprint density at radius 3 is 2.18 bits per heavy atom. The molecule has 2 heterocycles. The van der Waals surface area contributed by atoms with E-state index in [0.717, 1.165) is 0 Å². The molecule has 0 atom stereocenters. The van der Waals surface area contributed by atoms with E-state index in [0.29, 0.717) is 0 Å². The Kier molecular flexibility index (Phi) is 3.67. The highest BCUT2D eigenvalue weighted by molar-refractivity contribution is 5.82. The van der Waals surface area contributed by atoms with Crippen LogP contribution in [0.4, 0.5) is 0 Å². The van der Waals surface area contributed by atoms with Crippen molar-refractivity contribution in [1.29, 1.82) is 0 Å². The number of fused-ring (bicyclic) bond motifs is 2. The molecule has 0 spiro atoms. The third-order valence-electron chi connectivity index (χ3n) is 3.97. The lowest BCUT2D eigenvalue weighted by atomic mass is 10.1. The summed E-state index contributed by atoms with van der Waals surface area (Å²) in [5.74, 6) is 0. The van der Waals surface area contributed by atoms with Crippen LogP contribution in [0.2, 0.25) is 0 Å². The number of aryl methyl sites for hydroxylation is 4. The minimum absolute atomic E-state index is 1.20. The average molecular weight is 292 g/mol. The molecule has 0 aliphatic carbocycles. The van der Waals surface area contributed by atoms with Crippen molar-refractivity contribution in [2.75, 3.05) is 0 Å². The molecule has 0 N–H and O–H groups in total. The highest BCUT2D eigenvalue weighted by Crippen LogP contribution is 2.16. The van der Waals surface area contributed by atoms with Crippen molar-refractivity contribution in [3.05, 3.63) is 59.9 Å². The van der Waals surface area contributed by atoms with Crippen molar-refractivity contribution in [2.45, 2.75) is 13.8 Å². The van der Waals surface area contributed by atoms with Gasteiger partial charge in [0, 0.05) is 24.9 Å². The zero-order chi connectivity index (χ0) is 15.7. The third-order valence-corrected chi connectivity index (χ3v) is 3.97. The standard InChI is InChI=1S/2C9H10N2/c1-7-4-3-5-9-8(7)6-10-11(9)2;1-7-4-3-5-8-6-10-11(2)9(7)8/h2*3-6H,1-2H3. The highest BCUT2D eigenvalue weighted by atomic mass is 15.3. The number of hydrogen-bond donors (Lipinski definition) is 0. The van der Waals surface area contributed by atoms with Gasteiger partial charge in [-0.05, 0) is 31.0 Å². The quantitative estimate of drug-likeness (QED) is 0.494. The summed E-state index contributed by atoms with van der Waals surface area (Å²) >= 11 is 0. The fourth-order valence-electron chi connectivity index (χ4n) is 2.76. The van der Waals surface area contributed by atoms with Gasteiger partial charge in [0.05, 0.1) is 23.4 Å². The van der Waals surface area contributed by atoms with Crippen molar-refractivity contribution < 1.29 is 0 Å². The number of aromatic nitrogens is 4. The van der Waals surface area contributed by atoms with E-state index in [1.165, 1.54) is 32.9 Å². The lowest BCUT2D eigenvalue weighted by Crippen LogP contribution is -1.90. The first kappa shape index (κ1) is 14.3. The van der Waals surface area contributed by atoms with Gasteiger partial charge < -0.3 is 0 Å². The van der Waals surface area contributed by atoms with Gasteiger partial charge >= 0.3 is 0 Å². The van der Waals surface area contributed by atoms with E-state index in [-0.39, 0.29) is 0 Å². The highest BCUT2D eigenvalue weighted by Gasteiger charge is 2.00. The summed E-state index contributed by atoms with van der Waals surface area (Å²) in [4.78, 5) is 0. The van der Waals surface area contributed by atoms with Crippen LogP contribution in [-0.4, -0.2) is 19.6 Å². The zero-order valence-electron chi connectivity index (χ0n) is 13.4. The zero-order valence-corrected chi connectivity index (χ0v) is 13.4. The minimum atomic E-state index is 1.20. The van der Waals surface area contributed by atoms with Crippen LogP contribution in [0.3, 0.4) is 0 Å². The normalized spacial score (nSPS) is 10.7. The van der Waals surface area contributed by atoms with Crippen molar-refractivity contribution in [3.63, 3.8) is 0 Å². The first-order chi connectivity index (χ1) is 10.6. The Morgan fingerprint density at radius 2 is 1.45 bits per heavy atom. The molecule has 22 heavy (non-hydrogen) atoms. The van der Waals surface area contributed by atoms with E-state index in [1.807, 2.05) is 35.9 Å². The van der Waals surface area contributed by atoms with Gasteiger partial charge in [0.1, 0.15) is 0 Å².